The molecule has 0 aliphatic rings. The second kappa shape index (κ2) is 22.7. The van der Waals surface area contributed by atoms with Gasteiger partial charge in [-0.15, -0.1) is 0 Å². The van der Waals surface area contributed by atoms with Gasteiger partial charge in [0.1, 0.15) is 0 Å². The van der Waals surface area contributed by atoms with E-state index in [1.54, 1.807) is 0 Å². The third kappa shape index (κ3) is 21.7. The van der Waals surface area contributed by atoms with E-state index in [1.807, 2.05) is 0 Å². The van der Waals surface area contributed by atoms with E-state index >= 15 is 0 Å². The Hall–Kier alpha value is -0.260. The van der Waals surface area contributed by atoms with Crippen LogP contribution in [0, 0.1) is 13.8 Å². The number of unbranched alkanes of at least 4 members (excludes halogenated alkanes) is 18. The highest BCUT2D eigenvalue weighted by Gasteiger charge is 1.94. The summed E-state index contributed by atoms with van der Waals surface area (Å²) in [6.07, 6.45) is 32.3. The lowest BCUT2D eigenvalue weighted by Gasteiger charge is -2.03. The summed E-state index contributed by atoms with van der Waals surface area (Å²) in [5, 5.41) is 0. The second-order valence-electron chi connectivity index (χ2n) is 7.41. The Morgan fingerprint density at radius 3 is 1.04 bits per heavy atom. The molecule has 142 valence electrons. The van der Waals surface area contributed by atoms with Crippen LogP contribution < -0.4 is 0 Å². The molecule has 24 heavy (non-hydrogen) atoms. The van der Waals surface area contributed by atoms with Crippen molar-refractivity contribution in [3.05, 3.63) is 26.0 Å². The Morgan fingerprint density at radius 2 is 0.708 bits per heavy atom. The predicted molar refractivity (Wildman–Crippen MR) is 112 cm³/mol. The van der Waals surface area contributed by atoms with Crippen LogP contribution in [0.2, 0.25) is 0 Å². The van der Waals surface area contributed by atoms with Gasteiger partial charge < -0.3 is 0 Å². The predicted octanol–water partition coefficient (Wildman–Crippen LogP) is 9.01. The van der Waals surface area contributed by atoms with Gasteiger partial charge in [-0.1, -0.05) is 128 Å². The summed E-state index contributed by atoms with van der Waals surface area (Å²) in [6, 6.07) is 0. The zero-order chi connectivity index (χ0) is 17.6. The molecule has 0 aliphatic heterocycles. The van der Waals surface area contributed by atoms with Gasteiger partial charge in [-0.05, 0) is 26.2 Å². The smallest absolute Gasteiger partial charge is 0.0351 e. The minimum Gasteiger partial charge on any atom is -0.0885 e. The summed E-state index contributed by atoms with van der Waals surface area (Å²) in [5.74, 6) is 0. The average molecular weight is 335 g/mol. The van der Waals surface area contributed by atoms with Gasteiger partial charge >= 0.3 is 0 Å². The quantitative estimate of drug-likeness (QED) is 0.154. The van der Waals surface area contributed by atoms with Crippen LogP contribution in [0.5, 0.6) is 0 Å². The van der Waals surface area contributed by atoms with Crippen molar-refractivity contribution in [3.63, 3.8) is 0 Å². The van der Waals surface area contributed by atoms with Crippen LogP contribution in [0.25, 0.3) is 0 Å². The lowest BCUT2D eigenvalue weighted by Crippen LogP contribution is -1.84. The fourth-order valence-corrected chi connectivity index (χ4v) is 3.33. The van der Waals surface area contributed by atoms with E-state index in [-0.39, 0.29) is 0 Å². The molecule has 0 heterocycles. The van der Waals surface area contributed by atoms with Crippen LogP contribution in [-0.2, 0) is 0 Å². The maximum Gasteiger partial charge on any atom is -0.0351 e. The highest BCUT2D eigenvalue weighted by molar-refractivity contribution is 4.81. The molecule has 0 fully saturated rings. The van der Waals surface area contributed by atoms with Gasteiger partial charge in [0.2, 0.25) is 0 Å². The highest BCUT2D eigenvalue weighted by atomic mass is 14.0. The zero-order valence-corrected chi connectivity index (χ0v) is 16.7. The molecule has 0 saturated heterocycles. The normalized spacial score (nSPS) is 11.6. The van der Waals surface area contributed by atoms with E-state index in [4.69, 9.17) is 0 Å². The number of allylic oxidation sites excluding steroid dienone is 2. The summed E-state index contributed by atoms with van der Waals surface area (Å²) >= 11 is 0. The zero-order valence-electron chi connectivity index (χ0n) is 16.7. The SMILES string of the molecule is [CH2]CC=CCCCCCCCCCCCCCCCCCCC[CH2]. The maximum atomic E-state index is 3.90. The Morgan fingerprint density at radius 1 is 0.375 bits per heavy atom. The first-order chi connectivity index (χ1) is 11.9. The van der Waals surface area contributed by atoms with Crippen molar-refractivity contribution in [2.24, 2.45) is 0 Å². The van der Waals surface area contributed by atoms with Gasteiger partial charge in [-0.3, -0.25) is 0 Å². The largest absolute Gasteiger partial charge is 0.0885 e. The Balaban J connectivity index is 2.97. The standard InChI is InChI=1S/C24H46/c1-3-5-7-9-11-13-15-17-19-21-23-24-22-20-18-16-14-12-10-8-6-4-2/h5,7H,1-4,6,8-24H2. The summed E-state index contributed by atoms with van der Waals surface area (Å²) < 4.78 is 0. The highest BCUT2D eigenvalue weighted by Crippen LogP contribution is 2.14. The van der Waals surface area contributed by atoms with Crippen LogP contribution in [-0.4, -0.2) is 0 Å². The first-order valence-corrected chi connectivity index (χ1v) is 11.1. The molecule has 0 aromatic heterocycles. The van der Waals surface area contributed by atoms with Gasteiger partial charge in [0.05, 0.1) is 0 Å². The van der Waals surface area contributed by atoms with Crippen molar-refractivity contribution in [2.45, 2.75) is 128 Å². The second-order valence-corrected chi connectivity index (χ2v) is 7.41. The molecular weight excluding hydrogens is 288 g/mol. The lowest BCUT2D eigenvalue weighted by atomic mass is 10.0. The average Bonchev–Trinajstić information content (AvgIpc) is 2.60. The molecule has 0 aromatic carbocycles. The fraction of sp³-hybridized carbons (Fsp3) is 0.833. The molecule has 0 aromatic rings. The molecule has 0 bridgehead atoms. The maximum absolute atomic E-state index is 3.90. The third-order valence-electron chi connectivity index (χ3n) is 4.95. The molecule has 0 N–H and O–H groups in total. The van der Waals surface area contributed by atoms with Crippen molar-refractivity contribution >= 4 is 0 Å². The topological polar surface area (TPSA) is 0 Å². The van der Waals surface area contributed by atoms with E-state index in [2.05, 4.69) is 26.0 Å². The van der Waals surface area contributed by atoms with Crippen molar-refractivity contribution in [3.8, 4) is 0 Å². The van der Waals surface area contributed by atoms with Gasteiger partial charge in [0.15, 0.2) is 0 Å². The van der Waals surface area contributed by atoms with E-state index in [0.29, 0.717) is 0 Å². The minimum atomic E-state index is 0.942. The number of hydrogen-bond donors (Lipinski definition) is 0. The first-order valence-electron chi connectivity index (χ1n) is 11.1. The lowest BCUT2D eigenvalue weighted by molar-refractivity contribution is 0.526. The monoisotopic (exact) mass is 334 g/mol. The molecule has 0 heteroatoms. The molecule has 2 radical (unpaired) electrons. The fourth-order valence-electron chi connectivity index (χ4n) is 3.33. The molecule has 0 unspecified atom stereocenters. The van der Waals surface area contributed by atoms with Crippen molar-refractivity contribution in [2.75, 3.05) is 0 Å². The van der Waals surface area contributed by atoms with Crippen LogP contribution in [0.4, 0.5) is 0 Å². The summed E-state index contributed by atoms with van der Waals surface area (Å²) in [7, 11) is 0. The number of rotatable bonds is 20. The van der Waals surface area contributed by atoms with Crippen LogP contribution in [0.1, 0.15) is 128 Å². The van der Waals surface area contributed by atoms with E-state index in [0.717, 1.165) is 12.8 Å². The van der Waals surface area contributed by atoms with E-state index in [9.17, 15) is 0 Å². The molecule has 0 amide bonds. The van der Waals surface area contributed by atoms with E-state index in [1.165, 1.54) is 116 Å². The van der Waals surface area contributed by atoms with Crippen molar-refractivity contribution < 1.29 is 0 Å². The Bertz CT molecular complexity index is 228. The van der Waals surface area contributed by atoms with Crippen molar-refractivity contribution in [1.29, 1.82) is 0 Å². The van der Waals surface area contributed by atoms with Gasteiger partial charge in [0, 0.05) is 0 Å². The molecule has 0 rings (SSSR count). The minimum absolute atomic E-state index is 0.942. The van der Waals surface area contributed by atoms with E-state index < -0.39 is 0 Å². The van der Waals surface area contributed by atoms with Gasteiger partial charge in [-0.2, -0.15) is 0 Å². The molecule has 0 spiro atoms. The summed E-state index contributed by atoms with van der Waals surface area (Å²) in [5.41, 5.74) is 0. The molecular formula is C24H46. The number of hydrogen-bond acceptors (Lipinski definition) is 0. The Labute approximate surface area is 154 Å². The summed E-state index contributed by atoms with van der Waals surface area (Å²) in [4.78, 5) is 0. The molecule has 0 aliphatic carbocycles. The van der Waals surface area contributed by atoms with Crippen molar-refractivity contribution in [1.82, 2.24) is 0 Å². The van der Waals surface area contributed by atoms with Crippen LogP contribution in [0.15, 0.2) is 12.2 Å². The molecule has 0 saturated carbocycles. The molecule has 0 nitrogen and oxygen atoms in total. The first kappa shape index (κ1) is 23.7. The summed E-state index contributed by atoms with van der Waals surface area (Å²) in [6.45, 7) is 7.72. The third-order valence-corrected chi connectivity index (χ3v) is 4.95. The molecule has 0 atom stereocenters. The van der Waals surface area contributed by atoms with Gasteiger partial charge in [0.25, 0.3) is 0 Å². The Kier molecular flexibility index (Phi) is 22.5. The van der Waals surface area contributed by atoms with Crippen LogP contribution >= 0.6 is 0 Å². The van der Waals surface area contributed by atoms with Crippen LogP contribution in [0.3, 0.4) is 0 Å². The van der Waals surface area contributed by atoms with Gasteiger partial charge in [-0.25, -0.2) is 0 Å².